The lowest BCUT2D eigenvalue weighted by atomic mass is 10.2. The van der Waals surface area contributed by atoms with Gasteiger partial charge in [0.1, 0.15) is 0 Å². The number of nitrogens with zero attached hydrogens (tertiary/aromatic N) is 2. The van der Waals surface area contributed by atoms with Gasteiger partial charge in [-0.1, -0.05) is 23.9 Å². The van der Waals surface area contributed by atoms with Crippen LogP contribution >= 0.6 is 11.8 Å². The van der Waals surface area contributed by atoms with Crippen LogP contribution < -0.4 is 5.32 Å². The van der Waals surface area contributed by atoms with Gasteiger partial charge in [0.05, 0.1) is 22.6 Å². The lowest BCUT2D eigenvalue weighted by Crippen LogP contribution is -2.30. The van der Waals surface area contributed by atoms with Gasteiger partial charge in [0.2, 0.25) is 0 Å². The van der Waals surface area contributed by atoms with Crippen LogP contribution in [0.15, 0.2) is 29.2 Å². The van der Waals surface area contributed by atoms with E-state index >= 15 is 0 Å². The van der Waals surface area contributed by atoms with Crippen LogP contribution in [-0.4, -0.2) is 33.5 Å². The molecule has 0 unspecified atom stereocenters. The number of carbonyl (C=O) groups excluding carboxylic acids is 2. The van der Waals surface area contributed by atoms with Crippen molar-refractivity contribution in [1.82, 2.24) is 9.78 Å². The van der Waals surface area contributed by atoms with Crippen LogP contribution in [0.5, 0.6) is 0 Å². The Labute approximate surface area is 153 Å². The SMILES string of the molecule is Cc1nn(C)c(C)c1NC(=O)[C@@H](C)OC(=O)c1ccccc1SC(F)F. The minimum Gasteiger partial charge on any atom is -0.449 e. The van der Waals surface area contributed by atoms with Crippen molar-refractivity contribution in [1.29, 1.82) is 0 Å². The molecule has 0 saturated carbocycles. The molecular formula is C17H19F2N3O3S. The lowest BCUT2D eigenvalue weighted by Gasteiger charge is -2.15. The van der Waals surface area contributed by atoms with Gasteiger partial charge in [-0.3, -0.25) is 9.48 Å². The monoisotopic (exact) mass is 383 g/mol. The van der Waals surface area contributed by atoms with Gasteiger partial charge in [-0.2, -0.15) is 13.9 Å². The van der Waals surface area contributed by atoms with E-state index in [0.717, 1.165) is 5.69 Å². The van der Waals surface area contributed by atoms with Crippen LogP contribution in [-0.2, 0) is 16.6 Å². The summed E-state index contributed by atoms with van der Waals surface area (Å²) in [6.45, 7) is 4.96. The summed E-state index contributed by atoms with van der Waals surface area (Å²) in [6.07, 6.45) is -1.11. The molecule has 1 aromatic heterocycles. The van der Waals surface area contributed by atoms with Crippen LogP contribution in [0.3, 0.4) is 0 Å². The molecule has 0 bridgehead atoms. The number of thioether (sulfide) groups is 1. The average molecular weight is 383 g/mol. The van der Waals surface area contributed by atoms with Crippen molar-refractivity contribution >= 4 is 29.3 Å². The summed E-state index contributed by atoms with van der Waals surface area (Å²) in [5.74, 6) is -4.03. The first kappa shape index (κ1) is 19.9. The minimum atomic E-state index is -2.67. The van der Waals surface area contributed by atoms with Crippen molar-refractivity contribution in [3.05, 3.63) is 41.2 Å². The quantitative estimate of drug-likeness (QED) is 0.610. The van der Waals surface area contributed by atoms with Crippen molar-refractivity contribution in [2.45, 2.75) is 37.5 Å². The second-order valence-corrected chi connectivity index (χ2v) is 6.61. The van der Waals surface area contributed by atoms with Crippen molar-refractivity contribution in [3.63, 3.8) is 0 Å². The fraction of sp³-hybridized carbons (Fsp3) is 0.353. The molecule has 26 heavy (non-hydrogen) atoms. The topological polar surface area (TPSA) is 73.2 Å². The Kier molecular flexibility index (Phi) is 6.36. The van der Waals surface area contributed by atoms with Gasteiger partial charge in [-0.15, -0.1) is 0 Å². The molecule has 2 rings (SSSR count). The van der Waals surface area contributed by atoms with E-state index < -0.39 is 23.7 Å². The number of carbonyl (C=O) groups is 2. The smallest absolute Gasteiger partial charge is 0.340 e. The maximum absolute atomic E-state index is 12.6. The highest BCUT2D eigenvalue weighted by molar-refractivity contribution is 7.99. The van der Waals surface area contributed by atoms with Gasteiger partial charge in [-0.25, -0.2) is 4.79 Å². The Morgan fingerprint density at radius 1 is 1.27 bits per heavy atom. The summed E-state index contributed by atoms with van der Waals surface area (Å²) < 4.78 is 32.0. The van der Waals surface area contributed by atoms with Crippen LogP contribution in [0.4, 0.5) is 14.5 Å². The molecule has 1 atom stereocenters. The second kappa shape index (κ2) is 8.31. The number of aromatic nitrogens is 2. The van der Waals surface area contributed by atoms with Crippen molar-refractivity contribution in [2.75, 3.05) is 5.32 Å². The number of rotatable bonds is 6. The zero-order valence-corrected chi connectivity index (χ0v) is 15.6. The summed E-state index contributed by atoms with van der Waals surface area (Å²) in [6, 6.07) is 5.87. The number of hydrogen-bond acceptors (Lipinski definition) is 5. The summed E-state index contributed by atoms with van der Waals surface area (Å²) in [7, 11) is 1.75. The lowest BCUT2D eigenvalue weighted by molar-refractivity contribution is -0.123. The molecule has 0 fully saturated rings. The number of anilines is 1. The number of nitrogens with one attached hydrogen (secondary N) is 1. The number of esters is 1. The first-order valence-electron chi connectivity index (χ1n) is 7.76. The molecule has 0 saturated heterocycles. The number of alkyl halides is 2. The first-order valence-corrected chi connectivity index (χ1v) is 8.64. The Morgan fingerprint density at radius 2 is 1.92 bits per heavy atom. The van der Waals surface area contributed by atoms with E-state index in [9.17, 15) is 18.4 Å². The summed E-state index contributed by atoms with van der Waals surface area (Å²) in [5, 5.41) is 6.87. The third kappa shape index (κ3) is 4.60. The molecule has 0 aliphatic rings. The van der Waals surface area contributed by atoms with E-state index in [1.54, 1.807) is 37.7 Å². The van der Waals surface area contributed by atoms with Crippen molar-refractivity contribution in [2.24, 2.45) is 7.05 Å². The molecule has 1 aromatic carbocycles. The molecule has 140 valence electrons. The number of amides is 1. The molecule has 0 radical (unpaired) electrons. The molecule has 6 nitrogen and oxygen atoms in total. The largest absolute Gasteiger partial charge is 0.449 e. The van der Waals surface area contributed by atoms with E-state index in [1.165, 1.54) is 19.1 Å². The Morgan fingerprint density at radius 3 is 2.50 bits per heavy atom. The minimum absolute atomic E-state index is 0.00816. The van der Waals surface area contributed by atoms with E-state index in [4.69, 9.17) is 4.74 Å². The summed E-state index contributed by atoms with van der Waals surface area (Å²) in [5.41, 5.74) is 1.93. The first-order chi connectivity index (χ1) is 12.2. The van der Waals surface area contributed by atoms with Gasteiger partial charge in [0.25, 0.3) is 11.7 Å². The maximum atomic E-state index is 12.6. The summed E-state index contributed by atoms with van der Waals surface area (Å²) >= 11 is 0.252. The van der Waals surface area contributed by atoms with Gasteiger partial charge in [0, 0.05) is 11.9 Å². The average Bonchev–Trinajstić information content (AvgIpc) is 2.80. The van der Waals surface area contributed by atoms with Gasteiger partial charge in [0.15, 0.2) is 6.10 Å². The molecule has 9 heteroatoms. The number of aryl methyl sites for hydroxylation is 2. The molecule has 0 aliphatic heterocycles. The molecule has 1 amide bonds. The zero-order chi connectivity index (χ0) is 19.4. The van der Waals surface area contributed by atoms with E-state index in [-0.39, 0.29) is 22.2 Å². The predicted octanol–water partition coefficient (Wildman–Crippen LogP) is 3.54. The highest BCUT2D eigenvalue weighted by Gasteiger charge is 2.23. The van der Waals surface area contributed by atoms with E-state index in [1.807, 2.05) is 0 Å². The second-order valence-electron chi connectivity index (χ2n) is 5.58. The van der Waals surface area contributed by atoms with Gasteiger partial charge < -0.3 is 10.1 Å². The molecule has 0 aliphatic carbocycles. The predicted molar refractivity (Wildman–Crippen MR) is 94.5 cm³/mol. The van der Waals surface area contributed by atoms with Crippen LogP contribution in [0, 0.1) is 13.8 Å². The van der Waals surface area contributed by atoms with E-state index in [2.05, 4.69) is 10.4 Å². The normalized spacial score (nSPS) is 12.1. The van der Waals surface area contributed by atoms with Crippen LogP contribution in [0.25, 0.3) is 0 Å². The third-order valence-electron chi connectivity index (χ3n) is 3.73. The Hall–Kier alpha value is -2.42. The molecule has 2 aromatic rings. The van der Waals surface area contributed by atoms with Crippen molar-refractivity contribution in [3.8, 4) is 0 Å². The van der Waals surface area contributed by atoms with Crippen LogP contribution in [0.2, 0.25) is 0 Å². The van der Waals surface area contributed by atoms with Crippen molar-refractivity contribution < 1.29 is 23.1 Å². The molecule has 0 spiro atoms. The third-order valence-corrected chi connectivity index (χ3v) is 4.52. The maximum Gasteiger partial charge on any atom is 0.340 e. The molecular weight excluding hydrogens is 364 g/mol. The number of benzene rings is 1. The number of halogens is 2. The fourth-order valence-corrected chi connectivity index (χ4v) is 2.92. The summed E-state index contributed by atoms with van der Waals surface area (Å²) in [4.78, 5) is 24.7. The molecule has 1 heterocycles. The van der Waals surface area contributed by atoms with Gasteiger partial charge in [-0.05, 0) is 32.9 Å². The Bertz CT molecular complexity index is 824. The Balaban J connectivity index is 2.08. The fourth-order valence-electron chi connectivity index (χ4n) is 2.29. The highest BCUT2D eigenvalue weighted by atomic mass is 32.2. The van der Waals surface area contributed by atoms with Crippen LogP contribution in [0.1, 0.15) is 28.7 Å². The number of hydrogen-bond donors (Lipinski definition) is 1. The number of ether oxygens (including phenoxy) is 1. The highest BCUT2D eigenvalue weighted by Crippen LogP contribution is 2.29. The van der Waals surface area contributed by atoms with E-state index in [0.29, 0.717) is 11.4 Å². The zero-order valence-electron chi connectivity index (χ0n) is 14.7. The molecule has 1 N–H and O–H groups in total. The van der Waals surface area contributed by atoms with Gasteiger partial charge >= 0.3 is 5.97 Å². The standard InChI is InChI=1S/C17H19F2N3O3S/c1-9-14(10(2)22(4)21-9)20-15(23)11(3)25-16(24)12-7-5-6-8-13(12)26-17(18)19/h5-8,11,17H,1-4H3,(H,20,23)/t11-/m1/s1.